The van der Waals surface area contributed by atoms with Gasteiger partial charge in [0.25, 0.3) is 0 Å². The minimum Gasteiger partial charge on any atom is -0.343 e. The van der Waals surface area contributed by atoms with Crippen molar-refractivity contribution in [2.24, 2.45) is 5.92 Å². The van der Waals surface area contributed by atoms with Crippen molar-refractivity contribution >= 4 is 23.6 Å². The van der Waals surface area contributed by atoms with E-state index in [1.165, 1.54) is 17.8 Å². The lowest BCUT2D eigenvalue weighted by Crippen LogP contribution is -2.55. The van der Waals surface area contributed by atoms with Crippen LogP contribution in [0, 0.1) is 11.7 Å². The second-order valence-electron chi connectivity index (χ2n) is 7.04. The number of amides is 2. The van der Waals surface area contributed by atoms with Crippen LogP contribution in [-0.4, -0.2) is 46.8 Å². The summed E-state index contributed by atoms with van der Waals surface area (Å²) in [6, 6.07) is 6.08. The summed E-state index contributed by atoms with van der Waals surface area (Å²) < 4.78 is 13.8. The van der Waals surface area contributed by atoms with Gasteiger partial charge >= 0.3 is 0 Å². The molecule has 4 nitrogen and oxygen atoms in total. The number of carbonyl (C=O) groups is 2. The van der Waals surface area contributed by atoms with Crippen molar-refractivity contribution in [2.75, 3.05) is 18.8 Å². The highest BCUT2D eigenvalue weighted by atomic mass is 32.2. The molecule has 0 aromatic heterocycles. The average Bonchev–Trinajstić information content (AvgIpc) is 2.82. The predicted molar refractivity (Wildman–Crippen MR) is 97.9 cm³/mol. The smallest absolute Gasteiger partial charge is 0.246 e. The Morgan fingerprint density at radius 1 is 1.32 bits per heavy atom. The standard InChI is InChI=1S/C19H25FN2O2S/c1-13-5-4-9-22(10-8-13)19(24)16-12-25-17(18(23)21-16)11-14-6-2-3-7-15(14)20/h2-3,6-7,13,16-17H,4-5,8-12H2,1H3,(H,21,23)/t13-,16+,17+/m1/s1. The van der Waals surface area contributed by atoms with Gasteiger partial charge in [0, 0.05) is 18.8 Å². The maximum atomic E-state index is 13.8. The molecule has 0 aliphatic carbocycles. The number of benzene rings is 1. The zero-order chi connectivity index (χ0) is 17.8. The second kappa shape index (κ2) is 8.21. The van der Waals surface area contributed by atoms with E-state index in [9.17, 15) is 14.0 Å². The topological polar surface area (TPSA) is 49.4 Å². The van der Waals surface area contributed by atoms with Crippen molar-refractivity contribution in [2.45, 2.75) is 43.9 Å². The Balaban J connectivity index is 1.57. The van der Waals surface area contributed by atoms with Gasteiger partial charge in [0.05, 0.1) is 5.25 Å². The summed E-state index contributed by atoms with van der Waals surface area (Å²) in [5, 5.41) is 2.52. The Hall–Kier alpha value is -1.56. The highest BCUT2D eigenvalue weighted by Gasteiger charge is 2.35. The summed E-state index contributed by atoms with van der Waals surface area (Å²) in [6.07, 6.45) is 3.55. The minimum atomic E-state index is -0.456. The first-order chi connectivity index (χ1) is 12.0. The molecule has 1 aromatic rings. The zero-order valence-corrected chi connectivity index (χ0v) is 15.4. The lowest BCUT2D eigenvalue weighted by molar-refractivity contribution is -0.136. The fourth-order valence-electron chi connectivity index (χ4n) is 3.45. The third-order valence-electron chi connectivity index (χ3n) is 5.06. The Labute approximate surface area is 152 Å². The number of likely N-dealkylation sites (tertiary alicyclic amines) is 1. The molecule has 0 saturated carbocycles. The fraction of sp³-hybridized carbons (Fsp3) is 0.579. The van der Waals surface area contributed by atoms with Gasteiger partial charge < -0.3 is 10.2 Å². The quantitative estimate of drug-likeness (QED) is 0.897. The van der Waals surface area contributed by atoms with E-state index < -0.39 is 6.04 Å². The zero-order valence-electron chi connectivity index (χ0n) is 14.5. The van der Waals surface area contributed by atoms with E-state index in [0.29, 0.717) is 23.7 Å². The summed E-state index contributed by atoms with van der Waals surface area (Å²) in [7, 11) is 0. The van der Waals surface area contributed by atoms with Crippen LogP contribution in [-0.2, 0) is 16.0 Å². The Kier molecular flexibility index (Phi) is 5.99. The molecule has 3 rings (SSSR count). The maximum absolute atomic E-state index is 13.8. The van der Waals surface area contributed by atoms with Crippen molar-refractivity contribution in [1.29, 1.82) is 0 Å². The van der Waals surface area contributed by atoms with Gasteiger partial charge in [-0.3, -0.25) is 9.59 Å². The van der Waals surface area contributed by atoms with Crippen LogP contribution in [0.2, 0.25) is 0 Å². The van der Waals surface area contributed by atoms with Crippen LogP contribution in [0.25, 0.3) is 0 Å². The molecule has 3 atom stereocenters. The third-order valence-corrected chi connectivity index (χ3v) is 6.37. The summed E-state index contributed by atoms with van der Waals surface area (Å²) in [4.78, 5) is 27.0. The summed E-state index contributed by atoms with van der Waals surface area (Å²) in [5.41, 5.74) is 0.543. The van der Waals surface area contributed by atoms with Gasteiger partial charge in [-0.05, 0) is 43.2 Å². The van der Waals surface area contributed by atoms with Crippen LogP contribution < -0.4 is 5.32 Å². The third kappa shape index (κ3) is 4.54. The van der Waals surface area contributed by atoms with Crippen LogP contribution in [0.15, 0.2) is 24.3 Å². The van der Waals surface area contributed by atoms with E-state index in [1.807, 2.05) is 4.90 Å². The van der Waals surface area contributed by atoms with Crippen LogP contribution in [0.1, 0.15) is 31.7 Å². The first-order valence-electron chi connectivity index (χ1n) is 8.98. The van der Waals surface area contributed by atoms with Crippen molar-refractivity contribution in [3.63, 3.8) is 0 Å². The van der Waals surface area contributed by atoms with Gasteiger partial charge in [0.1, 0.15) is 11.9 Å². The molecular weight excluding hydrogens is 339 g/mol. The number of nitrogens with one attached hydrogen (secondary N) is 1. The van der Waals surface area contributed by atoms with Crippen LogP contribution in [0.5, 0.6) is 0 Å². The highest BCUT2D eigenvalue weighted by molar-refractivity contribution is 8.00. The summed E-state index contributed by atoms with van der Waals surface area (Å²) >= 11 is 1.45. The molecule has 2 aliphatic heterocycles. The number of hydrogen-bond donors (Lipinski definition) is 1. The Morgan fingerprint density at radius 2 is 2.12 bits per heavy atom. The van der Waals surface area contributed by atoms with Gasteiger partial charge in [-0.2, -0.15) is 0 Å². The number of carbonyl (C=O) groups excluding carboxylic acids is 2. The van der Waals surface area contributed by atoms with E-state index in [2.05, 4.69) is 12.2 Å². The van der Waals surface area contributed by atoms with Gasteiger partial charge in [0.15, 0.2) is 0 Å². The maximum Gasteiger partial charge on any atom is 0.246 e. The molecular formula is C19H25FN2O2S. The van der Waals surface area contributed by atoms with Crippen molar-refractivity contribution in [3.8, 4) is 0 Å². The van der Waals surface area contributed by atoms with E-state index in [-0.39, 0.29) is 22.9 Å². The lowest BCUT2D eigenvalue weighted by Gasteiger charge is -2.32. The number of rotatable bonds is 3. The van der Waals surface area contributed by atoms with E-state index >= 15 is 0 Å². The summed E-state index contributed by atoms with van der Waals surface area (Å²) in [5.74, 6) is 0.779. The highest BCUT2D eigenvalue weighted by Crippen LogP contribution is 2.25. The SMILES string of the molecule is C[C@@H]1CCCN(C(=O)[C@@H]2CS[C@@H](Cc3ccccc3F)C(=O)N2)CC1. The van der Waals surface area contributed by atoms with Gasteiger partial charge in [-0.1, -0.05) is 25.1 Å². The number of halogens is 1. The lowest BCUT2D eigenvalue weighted by atomic mass is 10.0. The van der Waals surface area contributed by atoms with E-state index in [4.69, 9.17) is 0 Å². The largest absolute Gasteiger partial charge is 0.343 e. The predicted octanol–water partition coefficient (Wildman–Crippen LogP) is 2.62. The van der Waals surface area contributed by atoms with Crippen LogP contribution in [0.3, 0.4) is 0 Å². The fourth-order valence-corrected chi connectivity index (χ4v) is 4.61. The van der Waals surface area contributed by atoms with Crippen molar-refractivity contribution < 1.29 is 14.0 Å². The molecule has 2 aliphatic rings. The molecule has 0 radical (unpaired) electrons. The molecule has 2 amide bonds. The first-order valence-corrected chi connectivity index (χ1v) is 10.0. The molecule has 6 heteroatoms. The summed E-state index contributed by atoms with van der Waals surface area (Å²) in [6.45, 7) is 3.77. The molecule has 136 valence electrons. The number of thioether (sulfide) groups is 1. The van der Waals surface area contributed by atoms with Crippen LogP contribution >= 0.6 is 11.8 Å². The van der Waals surface area contributed by atoms with Crippen LogP contribution in [0.4, 0.5) is 4.39 Å². The van der Waals surface area contributed by atoms with Gasteiger partial charge in [-0.25, -0.2) is 4.39 Å². The molecule has 1 aromatic carbocycles. The normalized spacial score (nSPS) is 27.5. The molecule has 2 fully saturated rings. The monoisotopic (exact) mass is 364 g/mol. The Bertz CT molecular complexity index is 640. The van der Waals surface area contributed by atoms with E-state index in [1.54, 1.807) is 18.2 Å². The molecule has 0 bridgehead atoms. The molecule has 2 saturated heterocycles. The Morgan fingerprint density at radius 3 is 2.88 bits per heavy atom. The second-order valence-corrected chi connectivity index (χ2v) is 8.28. The number of hydrogen-bond acceptors (Lipinski definition) is 3. The van der Waals surface area contributed by atoms with Gasteiger partial charge in [-0.15, -0.1) is 11.8 Å². The molecule has 2 heterocycles. The van der Waals surface area contributed by atoms with Crippen molar-refractivity contribution in [1.82, 2.24) is 10.2 Å². The number of nitrogens with zero attached hydrogens (tertiary/aromatic N) is 1. The minimum absolute atomic E-state index is 0.0271. The average molecular weight is 364 g/mol. The van der Waals surface area contributed by atoms with E-state index in [0.717, 1.165) is 32.4 Å². The van der Waals surface area contributed by atoms with Crippen molar-refractivity contribution in [3.05, 3.63) is 35.6 Å². The van der Waals surface area contributed by atoms with Gasteiger partial charge in [0.2, 0.25) is 11.8 Å². The molecule has 25 heavy (non-hydrogen) atoms. The molecule has 0 spiro atoms. The first kappa shape index (κ1) is 18.2. The molecule has 1 N–H and O–H groups in total. The molecule has 0 unspecified atom stereocenters.